The zero-order valence-corrected chi connectivity index (χ0v) is 22.7. The number of amides is 2. The Balaban J connectivity index is 1.56. The van der Waals surface area contributed by atoms with Crippen LogP contribution in [0.1, 0.15) is 11.1 Å². The van der Waals surface area contributed by atoms with Crippen LogP contribution in [0.4, 0.5) is 5.69 Å². The molecule has 0 spiro atoms. The van der Waals surface area contributed by atoms with Crippen molar-refractivity contribution in [3.8, 4) is 11.5 Å². The molecule has 0 aliphatic carbocycles. The van der Waals surface area contributed by atoms with E-state index in [1.807, 2.05) is 47.2 Å². The third kappa shape index (κ3) is 4.74. The van der Waals surface area contributed by atoms with E-state index in [1.54, 1.807) is 30.3 Å². The summed E-state index contributed by atoms with van der Waals surface area (Å²) in [7, 11) is 3.01. The number of hydrogen-bond donors (Lipinski definition) is 1. The van der Waals surface area contributed by atoms with E-state index in [0.29, 0.717) is 39.3 Å². The molecular weight excluding hydrogens is 545 g/mol. The SMILES string of the molecule is COc1ccc(N2C(=O)/C(=C/c3cn(Cc4ccc(Cl)c(Cl)c4)c4ccccc34)C(=O)NC2=S)c(OC)c1. The number of para-hydroxylation sites is 1. The molecule has 1 aliphatic heterocycles. The lowest BCUT2D eigenvalue weighted by atomic mass is 10.1. The maximum absolute atomic E-state index is 13.7. The Morgan fingerprint density at radius 3 is 2.50 bits per heavy atom. The minimum atomic E-state index is -0.579. The molecular formula is C28H21Cl2N3O4S. The minimum absolute atomic E-state index is 0.0392. The van der Waals surface area contributed by atoms with Crippen LogP contribution >= 0.6 is 35.4 Å². The van der Waals surface area contributed by atoms with Crippen molar-refractivity contribution in [3.05, 3.63) is 93.6 Å². The number of halogens is 2. The number of hydrogen-bond acceptors (Lipinski definition) is 5. The quantitative estimate of drug-likeness (QED) is 0.180. The summed E-state index contributed by atoms with van der Waals surface area (Å²) in [5, 5.41) is 4.41. The van der Waals surface area contributed by atoms with Crippen LogP contribution in [-0.2, 0) is 16.1 Å². The molecule has 2 heterocycles. The highest BCUT2D eigenvalue weighted by Gasteiger charge is 2.36. The van der Waals surface area contributed by atoms with Crippen LogP contribution in [0.25, 0.3) is 17.0 Å². The van der Waals surface area contributed by atoms with E-state index < -0.39 is 11.8 Å². The molecule has 0 atom stereocenters. The number of aromatic nitrogens is 1. The summed E-state index contributed by atoms with van der Waals surface area (Å²) in [4.78, 5) is 27.9. The highest BCUT2D eigenvalue weighted by Crippen LogP contribution is 2.35. The number of carbonyl (C=O) groups is 2. The summed E-state index contributed by atoms with van der Waals surface area (Å²) in [6, 6.07) is 18.2. The minimum Gasteiger partial charge on any atom is -0.497 e. The Bertz CT molecular complexity index is 1650. The van der Waals surface area contributed by atoms with Gasteiger partial charge in [0.15, 0.2) is 5.11 Å². The number of rotatable bonds is 6. The molecule has 0 saturated carbocycles. The summed E-state index contributed by atoms with van der Waals surface area (Å²) >= 11 is 17.6. The van der Waals surface area contributed by atoms with Gasteiger partial charge < -0.3 is 14.0 Å². The van der Waals surface area contributed by atoms with Gasteiger partial charge in [-0.3, -0.25) is 14.9 Å². The highest BCUT2D eigenvalue weighted by molar-refractivity contribution is 7.80. The molecule has 0 unspecified atom stereocenters. The van der Waals surface area contributed by atoms with E-state index in [1.165, 1.54) is 19.1 Å². The van der Waals surface area contributed by atoms with Crippen LogP contribution in [0.5, 0.6) is 11.5 Å². The van der Waals surface area contributed by atoms with Crippen molar-refractivity contribution in [2.75, 3.05) is 19.1 Å². The second kappa shape index (κ2) is 10.5. The van der Waals surface area contributed by atoms with E-state index in [0.717, 1.165) is 16.5 Å². The molecule has 0 radical (unpaired) electrons. The first kappa shape index (κ1) is 25.8. The number of benzene rings is 3. The van der Waals surface area contributed by atoms with Crippen LogP contribution in [0, 0.1) is 0 Å². The second-order valence-electron chi connectivity index (χ2n) is 8.47. The van der Waals surface area contributed by atoms with E-state index in [4.69, 9.17) is 44.9 Å². The van der Waals surface area contributed by atoms with E-state index in [2.05, 4.69) is 5.32 Å². The van der Waals surface area contributed by atoms with E-state index in [9.17, 15) is 9.59 Å². The molecule has 0 bridgehead atoms. The average molecular weight is 566 g/mol. The number of fused-ring (bicyclic) bond motifs is 1. The van der Waals surface area contributed by atoms with Crippen LogP contribution in [0.2, 0.25) is 10.0 Å². The van der Waals surface area contributed by atoms with Gasteiger partial charge in [0.1, 0.15) is 17.1 Å². The Morgan fingerprint density at radius 1 is 0.974 bits per heavy atom. The maximum atomic E-state index is 13.7. The molecule has 1 aliphatic rings. The van der Waals surface area contributed by atoms with Gasteiger partial charge in [0, 0.05) is 35.3 Å². The van der Waals surface area contributed by atoms with E-state index >= 15 is 0 Å². The van der Waals surface area contributed by atoms with Crippen LogP contribution < -0.4 is 19.7 Å². The zero-order valence-electron chi connectivity index (χ0n) is 20.3. The predicted molar refractivity (Wildman–Crippen MR) is 153 cm³/mol. The van der Waals surface area contributed by atoms with Crippen molar-refractivity contribution in [1.29, 1.82) is 0 Å². The van der Waals surface area contributed by atoms with Crippen molar-refractivity contribution >= 4 is 75.0 Å². The van der Waals surface area contributed by atoms with Crippen molar-refractivity contribution in [3.63, 3.8) is 0 Å². The van der Waals surface area contributed by atoms with Crippen molar-refractivity contribution in [2.45, 2.75) is 6.54 Å². The second-order valence-corrected chi connectivity index (χ2v) is 9.67. The number of methoxy groups -OCH3 is 2. The largest absolute Gasteiger partial charge is 0.497 e. The lowest BCUT2D eigenvalue weighted by molar-refractivity contribution is -0.122. The van der Waals surface area contributed by atoms with Crippen molar-refractivity contribution < 1.29 is 19.1 Å². The molecule has 1 fully saturated rings. The number of anilines is 1. The average Bonchev–Trinajstić information content (AvgIpc) is 3.25. The van der Waals surface area contributed by atoms with Gasteiger partial charge in [0.05, 0.1) is 30.0 Å². The molecule has 5 rings (SSSR count). The van der Waals surface area contributed by atoms with Crippen LogP contribution in [0.15, 0.2) is 72.4 Å². The van der Waals surface area contributed by atoms with Crippen LogP contribution in [0.3, 0.4) is 0 Å². The maximum Gasteiger partial charge on any atom is 0.270 e. The predicted octanol–water partition coefficient (Wildman–Crippen LogP) is 5.84. The number of thiocarbonyl (C=S) groups is 1. The Hall–Kier alpha value is -3.85. The molecule has 1 saturated heterocycles. The van der Waals surface area contributed by atoms with Gasteiger partial charge in [-0.1, -0.05) is 47.5 Å². The molecule has 10 heteroatoms. The number of carbonyl (C=O) groups excluding carboxylic acids is 2. The van der Waals surface area contributed by atoms with Gasteiger partial charge in [0.2, 0.25) is 0 Å². The Morgan fingerprint density at radius 2 is 1.76 bits per heavy atom. The Kier molecular flexibility index (Phi) is 7.12. The molecule has 1 aromatic heterocycles. The first-order chi connectivity index (χ1) is 18.3. The Labute approximate surface area is 234 Å². The molecule has 2 amide bonds. The summed E-state index contributed by atoms with van der Waals surface area (Å²) < 4.78 is 12.7. The lowest BCUT2D eigenvalue weighted by Crippen LogP contribution is -2.54. The van der Waals surface area contributed by atoms with Gasteiger partial charge >= 0.3 is 0 Å². The number of ether oxygens (including phenoxy) is 2. The normalized spacial score (nSPS) is 14.8. The summed E-state index contributed by atoms with van der Waals surface area (Å²) in [5.74, 6) is -0.224. The van der Waals surface area contributed by atoms with Crippen molar-refractivity contribution in [1.82, 2.24) is 9.88 Å². The van der Waals surface area contributed by atoms with E-state index in [-0.39, 0.29) is 10.7 Å². The van der Waals surface area contributed by atoms with Gasteiger partial charge in [-0.2, -0.15) is 0 Å². The number of nitrogens with zero attached hydrogens (tertiary/aromatic N) is 2. The fourth-order valence-corrected chi connectivity index (χ4v) is 4.95. The van der Waals surface area contributed by atoms with Gasteiger partial charge in [-0.15, -0.1) is 0 Å². The fourth-order valence-electron chi connectivity index (χ4n) is 4.36. The lowest BCUT2D eigenvalue weighted by Gasteiger charge is -2.30. The summed E-state index contributed by atoms with van der Waals surface area (Å²) in [6.07, 6.45) is 3.47. The molecule has 192 valence electrons. The van der Waals surface area contributed by atoms with Crippen LogP contribution in [-0.4, -0.2) is 35.7 Å². The molecule has 4 aromatic rings. The number of nitrogens with one attached hydrogen (secondary N) is 1. The fraction of sp³-hybridized carbons (Fsp3) is 0.107. The van der Waals surface area contributed by atoms with Gasteiger partial charge in [0.25, 0.3) is 11.8 Å². The smallest absolute Gasteiger partial charge is 0.270 e. The zero-order chi connectivity index (χ0) is 27.0. The first-order valence-electron chi connectivity index (χ1n) is 11.5. The molecule has 7 nitrogen and oxygen atoms in total. The molecule has 38 heavy (non-hydrogen) atoms. The topological polar surface area (TPSA) is 72.8 Å². The molecule has 3 aromatic carbocycles. The first-order valence-corrected chi connectivity index (χ1v) is 12.6. The highest BCUT2D eigenvalue weighted by atomic mass is 35.5. The van der Waals surface area contributed by atoms with Gasteiger partial charge in [-0.25, -0.2) is 4.90 Å². The monoisotopic (exact) mass is 565 g/mol. The van der Waals surface area contributed by atoms with Crippen molar-refractivity contribution in [2.24, 2.45) is 0 Å². The summed E-state index contributed by atoms with van der Waals surface area (Å²) in [5.41, 5.74) is 2.91. The molecule has 1 N–H and O–H groups in total. The third-order valence-corrected chi connectivity index (χ3v) is 7.21. The van der Waals surface area contributed by atoms with Gasteiger partial charge in [-0.05, 0) is 54.2 Å². The standard InChI is InChI=1S/C28H21Cl2N3O4S/c1-36-18-8-10-24(25(13-18)37-2)33-27(35)20(26(34)31-28(33)38)12-17-15-32(23-6-4-3-5-19(17)23)14-16-7-9-21(29)22(30)11-16/h3-13,15H,14H2,1-2H3,(H,31,34,38)/b20-12+. The third-order valence-electron chi connectivity index (χ3n) is 6.19. The summed E-state index contributed by atoms with van der Waals surface area (Å²) in [6.45, 7) is 0.514.